The SMILES string of the molecule is CC/C=C\CCCCOC(CCC(=O)OCCCCCCN(CCO)CCCCCOC(=O)OCC/C=C\CCCCC)OCCCC/C=C\CC. The Kier molecular flexibility index (Phi) is 39.8. The maximum Gasteiger partial charge on any atom is 0.508 e. The molecule has 0 spiro atoms. The van der Waals surface area contributed by atoms with Crippen LogP contribution >= 0.6 is 0 Å². The van der Waals surface area contributed by atoms with E-state index in [1.807, 2.05) is 0 Å². The van der Waals surface area contributed by atoms with Crippen molar-refractivity contribution in [3.63, 3.8) is 0 Å². The third-order valence-corrected chi connectivity index (χ3v) is 8.56. The first-order chi connectivity index (χ1) is 25.6. The number of esters is 1. The number of rotatable bonds is 39. The van der Waals surface area contributed by atoms with Gasteiger partial charge < -0.3 is 33.7 Å². The fraction of sp³-hybridized carbons (Fsp3) is 0.814. The van der Waals surface area contributed by atoms with E-state index < -0.39 is 6.16 Å². The highest BCUT2D eigenvalue weighted by Gasteiger charge is 2.13. The fourth-order valence-electron chi connectivity index (χ4n) is 5.47. The van der Waals surface area contributed by atoms with E-state index in [1.165, 1.54) is 19.3 Å². The van der Waals surface area contributed by atoms with Gasteiger partial charge in [0, 0.05) is 26.2 Å². The summed E-state index contributed by atoms with van der Waals surface area (Å²) in [6, 6.07) is 0. The van der Waals surface area contributed by atoms with Gasteiger partial charge in [-0.15, -0.1) is 0 Å². The number of hydrogen-bond donors (Lipinski definition) is 1. The first kappa shape index (κ1) is 49.8. The molecule has 52 heavy (non-hydrogen) atoms. The normalized spacial score (nSPS) is 12.0. The molecule has 0 saturated heterocycles. The van der Waals surface area contributed by atoms with Gasteiger partial charge in [0.25, 0.3) is 0 Å². The van der Waals surface area contributed by atoms with Gasteiger partial charge in [0.05, 0.1) is 32.8 Å². The molecule has 0 rings (SSSR count). The number of unbranched alkanes of at least 4 members (excludes halogenated alkanes) is 12. The van der Waals surface area contributed by atoms with Crippen LogP contribution < -0.4 is 0 Å². The van der Waals surface area contributed by atoms with Crippen molar-refractivity contribution < 1.29 is 38.4 Å². The number of aliphatic hydroxyl groups is 1. The van der Waals surface area contributed by atoms with E-state index in [1.54, 1.807) is 0 Å². The van der Waals surface area contributed by atoms with E-state index >= 15 is 0 Å². The minimum Gasteiger partial charge on any atom is -0.466 e. The molecule has 0 heterocycles. The topological polar surface area (TPSA) is 104 Å². The second-order valence-electron chi connectivity index (χ2n) is 13.4. The van der Waals surface area contributed by atoms with Gasteiger partial charge in [-0.3, -0.25) is 4.79 Å². The number of ether oxygens (including phenoxy) is 5. The van der Waals surface area contributed by atoms with Crippen LogP contribution in [0.3, 0.4) is 0 Å². The highest BCUT2D eigenvalue weighted by molar-refractivity contribution is 5.69. The fourth-order valence-corrected chi connectivity index (χ4v) is 5.47. The largest absolute Gasteiger partial charge is 0.508 e. The predicted molar refractivity (Wildman–Crippen MR) is 213 cm³/mol. The summed E-state index contributed by atoms with van der Waals surface area (Å²) < 4.78 is 27.9. The summed E-state index contributed by atoms with van der Waals surface area (Å²) in [5.74, 6) is -0.191. The first-order valence-corrected chi connectivity index (χ1v) is 21.0. The minimum absolute atomic E-state index is 0.142. The maximum absolute atomic E-state index is 12.4. The Hall–Kier alpha value is -2.20. The minimum atomic E-state index is -0.589. The molecule has 0 aliphatic carbocycles. The van der Waals surface area contributed by atoms with Crippen LogP contribution in [-0.4, -0.2) is 87.7 Å². The van der Waals surface area contributed by atoms with Crippen molar-refractivity contribution in [3.8, 4) is 0 Å². The summed E-state index contributed by atoms with van der Waals surface area (Å²) in [6.07, 6.45) is 33.5. The lowest BCUT2D eigenvalue weighted by atomic mass is 10.2. The number of carbonyl (C=O) groups is 2. The summed E-state index contributed by atoms with van der Waals surface area (Å²) in [5, 5.41) is 9.49. The van der Waals surface area contributed by atoms with E-state index in [0.717, 1.165) is 122 Å². The predicted octanol–water partition coefficient (Wildman–Crippen LogP) is 10.6. The van der Waals surface area contributed by atoms with Crippen LogP contribution in [0.15, 0.2) is 36.5 Å². The lowest BCUT2D eigenvalue weighted by molar-refractivity contribution is -0.159. The van der Waals surface area contributed by atoms with Crippen LogP contribution in [0.1, 0.15) is 162 Å². The molecule has 9 nitrogen and oxygen atoms in total. The Labute approximate surface area is 318 Å². The van der Waals surface area contributed by atoms with Crippen molar-refractivity contribution in [2.45, 2.75) is 168 Å². The summed E-state index contributed by atoms with van der Waals surface area (Å²) in [7, 11) is 0. The lowest BCUT2D eigenvalue weighted by Gasteiger charge is -2.21. The third-order valence-electron chi connectivity index (χ3n) is 8.56. The Morgan fingerprint density at radius 3 is 1.63 bits per heavy atom. The average molecular weight is 738 g/mol. The molecule has 1 N–H and O–H groups in total. The second kappa shape index (κ2) is 41.6. The van der Waals surface area contributed by atoms with E-state index in [9.17, 15) is 14.7 Å². The van der Waals surface area contributed by atoms with E-state index in [2.05, 4.69) is 62.1 Å². The summed E-state index contributed by atoms with van der Waals surface area (Å²) in [5.41, 5.74) is 0. The smallest absolute Gasteiger partial charge is 0.466 e. The van der Waals surface area contributed by atoms with Gasteiger partial charge in [-0.2, -0.15) is 0 Å². The molecular formula is C43H79NO8. The summed E-state index contributed by atoms with van der Waals surface area (Å²) in [6.45, 7) is 11.6. The zero-order valence-corrected chi connectivity index (χ0v) is 33.7. The van der Waals surface area contributed by atoms with Crippen LogP contribution in [0.2, 0.25) is 0 Å². The van der Waals surface area contributed by atoms with Gasteiger partial charge >= 0.3 is 12.1 Å². The Balaban J connectivity index is 4.03. The highest BCUT2D eigenvalue weighted by atomic mass is 16.7. The van der Waals surface area contributed by atoms with E-state index in [4.69, 9.17) is 23.7 Å². The molecule has 0 aliphatic heterocycles. The molecule has 9 heteroatoms. The number of carbonyl (C=O) groups excluding carboxylic acids is 2. The molecule has 0 fully saturated rings. The Morgan fingerprint density at radius 1 is 0.538 bits per heavy atom. The second-order valence-corrected chi connectivity index (χ2v) is 13.4. The zero-order chi connectivity index (χ0) is 38.0. The van der Waals surface area contributed by atoms with Crippen molar-refractivity contribution in [2.24, 2.45) is 0 Å². The molecule has 304 valence electrons. The van der Waals surface area contributed by atoms with Gasteiger partial charge in [0.1, 0.15) is 0 Å². The van der Waals surface area contributed by atoms with Gasteiger partial charge in [0.15, 0.2) is 6.29 Å². The van der Waals surface area contributed by atoms with Crippen molar-refractivity contribution in [1.82, 2.24) is 4.90 Å². The third kappa shape index (κ3) is 37.6. The van der Waals surface area contributed by atoms with Crippen LogP contribution in [0.25, 0.3) is 0 Å². The Morgan fingerprint density at radius 2 is 1.04 bits per heavy atom. The maximum atomic E-state index is 12.4. The van der Waals surface area contributed by atoms with Crippen LogP contribution in [0.5, 0.6) is 0 Å². The average Bonchev–Trinajstić information content (AvgIpc) is 3.14. The van der Waals surface area contributed by atoms with Gasteiger partial charge in [-0.1, -0.05) is 82.9 Å². The van der Waals surface area contributed by atoms with Crippen LogP contribution in [0.4, 0.5) is 4.79 Å². The zero-order valence-electron chi connectivity index (χ0n) is 33.7. The first-order valence-electron chi connectivity index (χ1n) is 21.0. The molecule has 0 radical (unpaired) electrons. The highest BCUT2D eigenvalue weighted by Crippen LogP contribution is 2.11. The van der Waals surface area contributed by atoms with Crippen LogP contribution in [-0.2, 0) is 28.5 Å². The van der Waals surface area contributed by atoms with Crippen molar-refractivity contribution in [2.75, 3.05) is 59.3 Å². The molecule has 0 atom stereocenters. The van der Waals surface area contributed by atoms with Crippen LogP contribution in [0, 0.1) is 0 Å². The lowest BCUT2D eigenvalue weighted by Crippen LogP contribution is -2.29. The van der Waals surface area contributed by atoms with E-state index in [0.29, 0.717) is 52.4 Å². The molecule has 0 unspecified atom stereocenters. The van der Waals surface area contributed by atoms with Gasteiger partial charge in [-0.05, 0) is 116 Å². The monoisotopic (exact) mass is 738 g/mol. The number of allylic oxidation sites excluding steroid dienone is 5. The van der Waals surface area contributed by atoms with Gasteiger partial charge in [-0.25, -0.2) is 4.79 Å². The van der Waals surface area contributed by atoms with Crippen molar-refractivity contribution >= 4 is 12.1 Å². The van der Waals surface area contributed by atoms with Gasteiger partial charge in [0.2, 0.25) is 0 Å². The molecule has 0 aliphatic rings. The molecule has 0 bridgehead atoms. The summed E-state index contributed by atoms with van der Waals surface area (Å²) in [4.78, 5) is 26.5. The number of nitrogens with zero attached hydrogens (tertiary/aromatic N) is 1. The molecule has 0 saturated carbocycles. The van der Waals surface area contributed by atoms with Crippen molar-refractivity contribution in [1.29, 1.82) is 0 Å². The number of hydrogen-bond acceptors (Lipinski definition) is 9. The molecule has 0 amide bonds. The molecular weight excluding hydrogens is 658 g/mol. The molecule has 0 aromatic heterocycles. The van der Waals surface area contributed by atoms with Crippen molar-refractivity contribution in [3.05, 3.63) is 36.5 Å². The Bertz CT molecular complexity index is 838. The quantitative estimate of drug-likeness (QED) is 0.0286. The molecule has 0 aromatic carbocycles. The molecule has 0 aromatic rings. The summed E-state index contributed by atoms with van der Waals surface area (Å²) >= 11 is 0. The standard InChI is InChI=1S/C43H79NO8/c1-4-7-10-13-16-20-28-39-51-43(47)52-40-29-22-24-33-44(34-35-45)32-23-17-21-25-36-48-41(46)30-31-42(49-37-26-18-14-11-8-5-2)50-38-27-19-15-12-9-6-3/h8-9,11-12,16,20,42,45H,4-7,10,13-15,17-19,21-40H2,1-3H3/b11-8-,12-9-,20-16-. The number of aliphatic hydroxyl groups excluding tert-OH is 1. The van der Waals surface area contributed by atoms with E-state index in [-0.39, 0.29) is 18.9 Å².